The third-order valence-electron chi connectivity index (χ3n) is 3.67. The molecular weight excluding hydrogens is 284 g/mol. The predicted molar refractivity (Wildman–Crippen MR) is 79.2 cm³/mol. The highest BCUT2D eigenvalue weighted by molar-refractivity contribution is 5.92. The number of benzene rings is 1. The van der Waals surface area contributed by atoms with Crippen LogP contribution in [0.1, 0.15) is 10.6 Å². The summed E-state index contributed by atoms with van der Waals surface area (Å²) >= 11 is 0. The van der Waals surface area contributed by atoms with Gasteiger partial charge in [0.25, 0.3) is 5.91 Å². The summed E-state index contributed by atoms with van der Waals surface area (Å²) in [5.74, 6) is -0.0842. The van der Waals surface area contributed by atoms with Crippen molar-refractivity contribution in [3.63, 3.8) is 0 Å². The molecule has 1 aromatic heterocycles. The quantitative estimate of drug-likeness (QED) is 0.928. The molecule has 0 spiro atoms. The summed E-state index contributed by atoms with van der Waals surface area (Å²) < 4.78 is 10.6. The van der Waals surface area contributed by atoms with Crippen LogP contribution in [0.25, 0.3) is 11.3 Å². The number of aliphatic hydroxyl groups is 1. The number of aliphatic hydroxyl groups excluding tert-OH is 1. The number of rotatable bonds is 3. The van der Waals surface area contributed by atoms with E-state index in [-0.39, 0.29) is 24.2 Å². The van der Waals surface area contributed by atoms with Gasteiger partial charge in [0.1, 0.15) is 5.69 Å². The van der Waals surface area contributed by atoms with Crippen molar-refractivity contribution >= 4 is 5.91 Å². The van der Waals surface area contributed by atoms with E-state index in [0.717, 1.165) is 5.56 Å². The van der Waals surface area contributed by atoms with Crippen molar-refractivity contribution in [3.05, 3.63) is 42.2 Å². The number of aromatic nitrogens is 1. The van der Waals surface area contributed by atoms with Gasteiger partial charge in [-0.05, 0) is 0 Å². The van der Waals surface area contributed by atoms with E-state index in [9.17, 15) is 9.90 Å². The van der Waals surface area contributed by atoms with Crippen molar-refractivity contribution in [2.45, 2.75) is 0 Å². The molecular formula is C16H18N2O4. The summed E-state index contributed by atoms with van der Waals surface area (Å²) in [4.78, 5) is 14.2. The first kappa shape index (κ1) is 14.7. The van der Waals surface area contributed by atoms with Gasteiger partial charge in [-0.15, -0.1) is 0 Å². The van der Waals surface area contributed by atoms with E-state index in [4.69, 9.17) is 9.26 Å². The summed E-state index contributed by atoms with van der Waals surface area (Å²) in [5, 5.41) is 13.2. The Morgan fingerprint density at radius 1 is 1.36 bits per heavy atom. The van der Waals surface area contributed by atoms with E-state index < -0.39 is 0 Å². The van der Waals surface area contributed by atoms with E-state index in [1.165, 1.54) is 0 Å². The lowest BCUT2D eigenvalue weighted by Gasteiger charge is -2.21. The van der Waals surface area contributed by atoms with Crippen LogP contribution in [-0.2, 0) is 4.74 Å². The van der Waals surface area contributed by atoms with Crippen LogP contribution >= 0.6 is 0 Å². The van der Waals surface area contributed by atoms with Gasteiger partial charge in [-0.2, -0.15) is 0 Å². The van der Waals surface area contributed by atoms with Crippen LogP contribution in [-0.4, -0.2) is 54.0 Å². The lowest BCUT2D eigenvalue weighted by atomic mass is 10.1. The Hall–Kier alpha value is -2.18. The molecule has 3 rings (SSSR count). The number of hydrogen-bond donors (Lipinski definition) is 1. The Morgan fingerprint density at radius 2 is 2.18 bits per heavy atom. The lowest BCUT2D eigenvalue weighted by Crippen LogP contribution is -2.36. The van der Waals surface area contributed by atoms with Crippen LogP contribution in [0, 0.1) is 5.92 Å². The standard InChI is InChI=1S/C16H18N2O4/c19-10-12-9-18(6-7-21-11-12)16(20)15-8-14(17-22-15)13-4-2-1-3-5-13/h1-5,8,12,19H,6-7,9-11H2/t12-/m1/s1. The maximum Gasteiger partial charge on any atom is 0.292 e. The highest BCUT2D eigenvalue weighted by Gasteiger charge is 2.25. The zero-order valence-corrected chi connectivity index (χ0v) is 12.1. The maximum absolute atomic E-state index is 12.5. The van der Waals surface area contributed by atoms with Gasteiger partial charge in [-0.3, -0.25) is 4.79 Å². The average molecular weight is 302 g/mol. The van der Waals surface area contributed by atoms with Crippen LogP contribution in [0.3, 0.4) is 0 Å². The SMILES string of the molecule is O=C(c1cc(-c2ccccc2)no1)N1CCOC[C@@H](CO)C1. The Morgan fingerprint density at radius 3 is 2.95 bits per heavy atom. The van der Waals surface area contributed by atoms with E-state index in [0.29, 0.717) is 32.0 Å². The van der Waals surface area contributed by atoms with E-state index in [1.54, 1.807) is 11.0 Å². The molecule has 1 amide bonds. The Labute approximate surface area is 128 Å². The van der Waals surface area contributed by atoms with E-state index in [1.807, 2.05) is 30.3 Å². The van der Waals surface area contributed by atoms with E-state index in [2.05, 4.69) is 5.16 Å². The molecule has 1 aromatic carbocycles. The van der Waals surface area contributed by atoms with Crippen molar-refractivity contribution in [3.8, 4) is 11.3 Å². The van der Waals surface area contributed by atoms with Gasteiger partial charge in [-0.25, -0.2) is 0 Å². The molecule has 1 atom stereocenters. The topological polar surface area (TPSA) is 75.8 Å². The van der Waals surface area contributed by atoms with Crippen LogP contribution in [0.4, 0.5) is 0 Å². The molecule has 6 heteroatoms. The molecule has 0 aliphatic carbocycles. The Bertz CT molecular complexity index is 626. The average Bonchev–Trinajstić information content (AvgIpc) is 2.93. The third-order valence-corrected chi connectivity index (χ3v) is 3.67. The zero-order valence-electron chi connectivity index (χ0n) is 12.1. The first-order chi connectivity index (χ1) is 10.8. The monoisotopic (exact) mass is 302 g/mol. The molecule has 1 N–H and O–H groups in total. The normalized spacial score (nSPS) is 19.0. The maximum atomic E-state index is 12.5. The lowest BCUT2D eigenvalue weighted by molar-refractivity contribution is 0.0686. The van der Waals surface area contributed by atoms with Gasteiger partial charge in [0.15, 0.2) is 0 Å². The Kier molecular flexibility index (Phi) is 4.50. The van der Waals surface area contributed by atoms with Gasteiger partial charge >= 0.3 is 0 Å². The fourth-order valence-electron chi connectivity index (χ4n) is 2.45. The molecule has 22 heavy (non-hydrogen) atoms. The van der Waals surface area contributed by atoms with Crippen molar-refractivity contribution in [1.29, 1.82) is 0 Å². The van der Waals surface area contributed by atoms with Gasteiger partial charge < -0.3 is 19.3 Å². The first-order valence-electron chi connectivity index (χ1n) is 7.28. The van der Waals surface area contributed by atoms with Crippen molar-refractivity contribution in [2.24, 2.45) is 5.92 Å². The minimum atomic E-state index is -0.223. The molecule has 0 unspecified atom stereocenters. The molecule has 116 valence electrons. The zero-order chi connectivity index (χ0) is 15.4. The second-order valence-corrected chi connectivity index (χ2v) is 5.32. The highest BCUT2D eigenvalue weighted by atomic mass is 16.5. The molecule has 0 saturated carbocycles. The van der Waals surface area contributed by atoms with Crippen LogP contribution < -0.4 is 0 Å². The second kappa shape index (κ2) is 6.72. The highest BCUT2D eigenvalue weighted by Crippen LogP contribution is 2.20. The number of amides is 1. The smallest absolute Gasteiger partial charge is 0.292 e. The third kappa shape index (κ3) is 3.18. The number of hydrogen-bond acceptors (Lipinski definition) is 5. The van der Waals surface area contributed by atoms with Crippen molar-refractivity contribution in [2.75, 3.05) is 32.9 Å². The molecule has 6 nitrogen and oxygen atoms in total. The van der Waals surface area contributed by atoms with Crippen molar-refractivity contribution in [1.82, 2.24) is 10.1 Å². The molecule has 1 aliphatic rings. The summed E-state index contributed by atoms with van der Waals surface area (Å²) in [5.41, 5.74) is 1.53. The predicted octanol–water partition coefficient (Wildman–Crippen LogP) is 1.42. The minimum Gasteiger partial charge on any atom is -0.396 e. The van der Waals surface area contributed by atoms with Gasteiger partial charge in [0, 0.05) is 37.2 Å². The summed E-state index contributed by atoms with van der Waals surface area (Å²) in [6.07, 6.45) is 0. The second-order valence-electron chi connectivity index (χ2n) is 5.32. The van der Waals surface area contributed by atoms with Gasteiger partial charge in [0.05, 0.1) is 13.2 Å². The number of ether oxygens (including phenoxy) is 1. The number of carbonyl (C=O) groups excluding carboxylic acids is 1. The molecule has 0 bridgehead atoms. The molecule has 1 fully saturated rings. The van der Waals surface area contributed by atoms with Gasteiger partial charge in [-0.1, -0.05) is 35.5 Å². The first-order valence-corrected chi connectivity index (χ1v) is 7.28. The summed E-state index contributed by atoms with van der Waals surface area (Å²) in [6.45, 7) is 1.86. The largest absolute Gasteiger partial charge is 0.396 e. The molecule has 1 aliphatic heterocycles. The number of nitrogens with zero attached hydrogens (tertiary/aromatic N) is 2. The fraction of sp³-hybridized carbons (Fsp3) is 0.375. The molecule has 2 aromatic rings. The number of carbonyl (C=O) groups is 1. The Balaban J connectivity index is 1.76. The molecule has 0 radical (unpaired) electrons. The summed E-state index contributed by atoms with van der Waals surface area (Å²) in [7, 11) is 0. The minimum absolute atomic E-state index is 0.00451. The summed E-state index contributed by atoms with van der Waals surface area (Å²) in [6, 6.07) is 11.2. The fourth-order valence-corrected chi connectivity index (χ4v) is 2.45. The molecule has 2 heterocycles. The van der Waals surface area contributed by atoms with E-state index >= 15 is 0 Å². The van der Waals surface area contributed by atoms with Crippen LogP contribution in [0.2, 0.25) is 0 Å². The van der Waals surface area contributed by atoms with Crippen LogP contribution in [0.15, 0.2) is 40.9 Å². The van der Waals surface area contributed by atoms with Gasteiger partial charge in [0.2, 0.25) is 5.76 Å². The van der Waals surface area contributed by atoms with Crippen LogP contribution in [0.5, 0.6) is 0 Å². The molecule has 1 saturated heterocycles. The van der Waals surface area contributed by atoms with Crippen molar-refractivity contribution < 1.29 is 19.2 Å².